The van der Waals surface area contributed by atoms with Gasteiger partial charge >= 0.3 is 6.09 Å². The van der Waals surface area contributed by atoms with E-state index in [-0.39, 0.29) is 11.8 Å². The molecule has 0 radical (unpaired) electrons. The first kappa shape index (κ1) is 16.5. The Kier molecular flexibility index (Phi) is 3.81. The molecule has 1 saturated heterocycles. The van der Waals surface area contributed by atoms with Gasteiger partial charge in [-0.2, -0.15) is 4.98 Å². The Morgan fingerprint density at radius 1 is 1.21 bits per heavy atom. The lowest BCUT2D eigenvalue weighted by atomic mass is 9.90. The molecule has 142 valence electrons. The molecule has 3 aromatic heterocycles. The number of carboxylic acid groups (broad SMARTS) is 1. The molecule has 1 aliphatic heterocycles. The van der Waals surface area contributed by atoms with Crippen LogP contribution in [0.4, 0.5) is 4.79 Å². The van der Waals surface area contributed by atoms with Crippen molar-refractivity contribution in [2.45, 2.75) is 18.8 Å². The Labute approximate surface area is 158 Å². The Morgan fingerprint density at radius 3 is 2.86 bits per heavy atom. The van der Waals surface area contributed by atoms with Gasteiger partial charge in [-0.05, 0) is 36.1 Å². The molecule has 1 aliphatic rings. The molecule has 5 rings (SSSR count). The summed E-state index contributed by atoms with van der Waals surface area (Å²) in [6.45, 7) is 0.984. The van der Waals surface area contributed by atoms with Crippen molar-refractivity contribution in [1.82, 2.24) is 30.0 Å². The van der Waals surface area contributed by atoms with Gasteiger partial charge in [0.25, 0.3) is 5.88 Å². The fraction of sp³-hybridized carbons (Fsp3) is 0.278. The zero-order valence-electron chi connectivity index (χ0n) is 14.7. The summed E-state index contributed by atoms with van der Waals surface area (Å²) in [4.78, 5) is 28.2. The van der Waals surface area contributed by atoms with E-state index in [4.69, 9.17) is 14.4 Å². The van der Waals surface area contributed by atoms with Crippen molar-refractivity contribution < 1.29 is 19.2 Å². The lowest BCUT2D eigenvalue weighted by Gasteiger charge is -2.29. The molecular formula is C18H16N6O4. The molecule has 0 saturated carbocycles. The van der Waals surface area contributed by atoms with Crippen molar-refractivity contribution in [1.29, 1.82) is 0 Å². The molecule has 0 spiro atoms. The summed E-state index contributed by atoms with van der Waals surface area (Å²) in [5.41, 5.74) is 3.46. The highest BCUT2D eigenvalue weighted by Crippen LogP contribution is 2.35. The number of aromatic nitrogens is 5. The summed E-state index contributed by atoms with van der Waals surface area (Å²) in [7, 11) is 0. The number of hydrogen-bond donors (Lipinski definition) is 1. The molecule has 10 nitrogen and oxygen atoms in total. The fourth-order valence-corrected chi connectivity index (χ4v) is 3.58. The highest BCUT2D eigenvalue weighted by atomic mass is 16.7. The molecule has 10 heteroatoms. The fourth-order valence-electron chi connectivity index (χ4n) is 3.58. The van der Waals surface area contributed by atoms with Gasteiger partial charge in [0, 0.05) is 18.7 Å². The first-order chi connectivity index (χ1) is 13.7. The van der Waals surface area contributed by atoms with Gasteiger partial charge in [0.2, 0.25) is 5.58 Å². The number of nitrogens with zero attached hydrogens (tertiary/aromatic N) is 6. The van der Waals surface area contributed by atoms with Crippen LogP contribution in [-0.2, 0) is 0 Å². The minimum atomic E-state index is -0.881. The molecule has 1 aromatic carbocycles. The van der Waals surface area contributed by atoms with Crippen LogP contribution in [0.1, 0.15) is 24.3 Å². The first-order valence-corrected chi connectivity index (χ1v) is 8.89. The van der Waals surface area contributed by atoms with Gasteiger partial charge in [-0.1, -0.05) is 17.0 Å². The molecule has 0 aliphatic carbocycles. The Morgan fingerprint density at radius 2 is 2.04 bits per heavy atom. The number of hydrogen-bond acceptors (Lipinski definition) is 7. The van der Waals surface area contributed by atoms with Crippen LogP contribution in [0.2, 0.25) is 0 Å². The van der Waals surface area contributed by atoms with Crippen molar-refractivity contribution in [2.75, 3.05) is 13.1 Å². The van der Waals surface area contributed by atoms with Crippen LogP contribution >= 0.6 is 0 Å². The second-order valence-electron chi connectivity index (χ2n) is 6.63. The quantitative estimate of drug-likeness (QED) is 0.576. The number of likely N-dealkylation sites (tertiary alicyclic amines) is 1. The maximum absolute atomic E-state index is 11.1. The predicted octanol–water partition coefficient (Wildman–Crippen LogP) is 2.67. The molecule has 1 N–H and O–H groups in total. The lowest BCUT2D eigenvalue weighted by Crippen LogP contribution is -2.36. The Hall–Kier alpha value is -3.69. The number of fused-ring (bicyclic) bond motifs is 2. The lowest BCUT2D eigenvalue weighted by molar-refractivity contribution is 0.132. The van der Waals surface area contributed by atoms with Gasteiger partial charge in [0.05, 0.1) is 6.26 Å². The van der Waals surface area contributed by atoms with E-state index in [1.165, 1.54) is 16.1 Å². The van der Waals surface area contributed by atoms with E-state index in [1.807, 2.05) is 24.3 Å². The average Bonchev–Trinajstić information content (AvgIpc) is 3.33. The second kappa shape index (κ2) is 6.48. The molecule has 0 atom stereocenters. The molecule has 4 aromatic rings. The summed E-state index contributed by atoms with van der Waals surface area (Å²) in [6.07, 6.45) is 3.63. The van der Waals surface area contributed by atoms with Crippen molar-refractivity contribution >= 4 is 28.2 Å². The zero-order chi connectivity index (χ0) is 19.1. The second-order valence-corrected chi connectivity index (χ2v) is 6.63. The molecule has 0 bridgehead atoms. The molecule has 0 unspecified atom stereocenters. The average molecular weight is 380 g/mol. The van der Waals surface area contributed by atoms with E-state index in [2.05, 4.69) is 20.3 Å². The standard InChI is InChI=1S/C18H16N6O4/c25-18(26)23-7-5-11(6-8-23)12-9-27-16-15(12)19-10-20-17(16)28-24-14-4-2-1-3-13(14)21-22-24/h1-4,9-11H,5-8H2,(H,25,26). The Balaban J connectivity index is 1.45. The van der Waals surface area contributed by atoms with Crippen LogP contribution < -0.4 is 4.84 Å². The number of piperidine rings is 1. The third kappa shape index (κ3) is 2.70. The molecule has 1 amide bonds. The number of para-hydroxylation sites is 1. The third-order valence-electron chi connectivity index (χ3n) is 5.05. The topological polar surface area (TPSA) is 119 Å². The van der Waals surface area contributed by atoms with E-state index in [0.717, 1.165) is 18.4 Å². The van der Waals surface area contributed by atoms with Crippen molar-refractivity contribution in [3.63, 3.8) is 0 Å². The van der Waals surface area contributed by atoms with E-state index in [9.17, 15) is 4.79 Å². The molecule has 4 heterocycles. The summed E-state index contributed by atoms with van der Waals surface area (Å²) >= 11 is 0. The smallest absolute Gasteiger partial charge is 0.407 e. The number of amides is 1. The van der Waals surface area contributed by atoms with Crippen LogP contribution in [0.5, 0.6) is 5.88 Å². The van der Waals surface area contributed by atoms with E-state index in [0.29, 0.717) is 35.2 Å². The van der Waals surface area contributed by atoms with E-state index < -0.39 is 6.09 Å². The summed E-state index contributed by atoms with van der Waals surface area (Å²) in [5, 5.41) is 17.2. The largest absolute Gasteiger partial charge is 0.465 e. The van der Waals surface area contributed by atoms with Crippen molar-refractivity contribution in [3.8, 4) is 5.88 Å². The molecular weight excluding hydrogens is 364 g/mol. The van der Waals surface area contributed by atoms with Crippen molar-refractivity contribution in [3.05, 3.63) is 42.4 Å². The number of furan rings is 1. The van der Waals surface area contributed by atoms with E-state index in [1.54, 1.807) is 6.26 Å². The highest BCUT2D eigenvalue weighted by Gasteiger charge is 2.27. The van der Waals surface area contributed by atoms with E-state index >= 15 is 0 Å². The normalized spacial score (nSPS) is 15.4. The van der Waals surface area contributed by atoms with Gasteiger partial charge in [0.15, 0.2) is 0 Å². The van der Waals surface area contributed by atoms with Crippen molar-refractivity contribution in [2.24, 2.45) is 0 Å². The third-order valence-corrected chi connectivity index (χ3v) is 5.05. The maximum Gasteiger partial charge on any atom is 0.407 e. The monoisotopic (exact) mass is 380 g/mol. The van der Waals surface area contributed by atoms with Gasteiger partial charge < -0.3 is 19.3 Å². The zero-order valence-corrected chi connectivity index (χ0v) is 14.7. The van der Waals surface area contributed by atoms with Crippen LogP contribution in [0.15, 0.2) is 41.3 Å². The number of benzene rings is 1. The summed E-state index contributed by atoms with van der Waals surface area (Å²) in [6, 6.07) is 7.43. The number of rotatable bonds is 3. The highest BCUT2D eigenvalue weighted by molar-refractivity contribution is 5.81. The maximum atomic E-state index is 11.1. The van der Waals surface area contributed by atoms with Crippen LogP contribution in [0, 0.1) is 0 Å². The predicted molar refractivity (Wildman–Crippen MR) is 96.9 cm³/mol. The minimum absolute atomic E-state index is 0.173. The number of carbonyl (C=O) groups is 1. The summed E-state index contributed by atoms with van der Waals surface area (Å²) in [5.74, 6) is 0.418. The molecule has 28 heavy (non-hydrogen) atoms. The minimum Gasteiger partial charge on any atom is -0.465 e. The first-order valence-electron chi connectivity index (χ1n) is 8.89. The van der Waals surface area contributed by atoms with Gasteiger partial charge in [0.1, 0.15) is 22.9 Å². The van der Waals surface area contributed by atoms with Crippen LogP contribution in [0.25, 0.3) is 22.1 Å². The Bertz CT molecular complexity index is 1160. The van der Waals surface area contributed by atoms with Gasteiger partial charge in [-0.15, -0.1) is 5.10 Å². The summed E-state index contributed by atoms with van der Waals surface area (Å²) < 4.78 is 5.73. The van der Waals surface area contributed by atoms with Gasteiger partial charge in [-0.25, -0.2) is 9.78 Å². The van der Waals surface area contributed by atoms with Crippen LogP contribution in [-0.4, -0.2) is 54.3 Å². The van der Waals surface area contributed by atoms with Gasteiger partial charge in [-0.3, -0.25) is 0 Å². The SMILES string of the molecule is O=C(O)N1CCC(c2coc3c(On4nnc5ccccc54)ncnc23)CC1. The molecule has 1 fully saturated rings. The van der Waals surface area contributed by atoms with Crippen LogP contribution in [0.3, 0.4) is 0 Å².